The number of nitrogens with zero attached hydrogens (tertiary/aromatic N) is 2. The summed E-state index contributed by atoms with van der Waals surface area (Å²) in [6.45, 7) is 0.799. The van der Waals surface area contributed by atoms with Gasteiger partial charge in [0.2, 0.25) is 0 Å². The molecule has 1 atom stereocenters. The van der Waals surface area contributed by atoms with Gasteiger partial charge in [0, 0.05) is 24.2 Å². The number of methoxy groups -OCH3 is 2. The van der Waals surface area contributed by atoms with Gasteiger partial charge in [-0.1, -0.05) is 6.07 Å². The first kappa shape index (κ1) is 18.5. The zero-order valence-corrected chi connectivity index (χ0v) is 16.1. The Morgan fingerprint density at radius 2 is 2.15 bits per heavy atom. The topological polar surface area (TPSA) is 63.7 Å². The van der Waals surface area contributed by atoms with Crippen LogP contribution in [0.3, 0.4) is 0 Å². The molecule has 1 fully saturated rings. The number of benzene rings is 1. The highest BCUT2D eigenvalue weighted by Crippen LogP contribution is 2.29. The summed E-state index contributed by atoms with van der Waals surface area (Å²) in [6.07, 6.45) is 6.78. The largest absolute Gasteiger partial charge is 0.493 e. The van der Waals surface area contributed by atoms with Crippen molar-refractivity contribution in [3.8, 4) is 11.5 Å². The van der Waals surface area contributed by atoms with Crippen molar-refractivity contribution in [1.29, 1.82) is 0 Å². The number of thiazole rings is 1. The van der Waals surface area contributed by atoms with Crippen LogP contribution in [0.25, 0.3) is 0 Å². The zero-order chi connectivity index (χ0) is 18.4. The Balaban J connectivity index is 1.62. The summed E-state index contributed by atoms with van der Waals surface area (Å²) in [5, 5.41) is 5.42. The van der Waals surface area contributed by atoms with E-state index in [1.54, 1.807) is 20.4 Å². The number of nitrogens with one attached hydrogen (secondary N) is 1. The fourth-order valence-corrected chi connectivity index (χ4v) is 3.90. The quantitative estimate of drug-likeness (QED) is 0.823. The van der Waals surface area contributed by atoms with E-state index in [-0.39, 0.29) is 12.1 Å². The third-order valence-electron chi connectivity index (χ3n) is 4.75. The Kier molecular flexibility index (Phi) is 6.33. The number of aryl methyl sites for hydroxylation is 1. The average molecular weight is 375 g/mol. The molecular weight excluding hydrogens is 350 g/mol. The maximum Gasteiger partial charge on any atom is 0.323 e. The van der Waals surface area contributed by atoms with Gasteiger partial charge in [-0.25, -0.2) is 9.78 Å². The lowest BCUT2D eigenvalue weighted by Crippen LogP contribution is -2.46. The molecule has 1 unspecified atom stereocenters. The van der Waals surface area contributed by atoms with Gasteiger partial charge in [0.05, 0.1) is 14.2 Å². The second kappa shape index (κ2) is 8.89. The molecule has 2 heterocycles. The molecule has 0 bridgehead atoms. The molecule has 0 saturated carbocycles. The highest BCUT2D eigenvalue weighted by molar-refractivity contribution is 7.13. The van der Waals surface area contributed by atoms with Crippen LogP contribution in [0.5, 0.6) is 11.5 Å². The lowest BCUT2D eigenvalue weighted by atomic mass is 9.96. The van der Waals surface area contributed by atoms with E-state index >= 15 is 0 Å². The minimum Gasteiger partial charge on any atom is -0.493 e. The standard InChI is InChI=1S/C19H25N3O3S/c1-24-16-9-7-14(13-17(16)25-2)6-8-15-5-3-4-11-22(15)19(23)21-18-20-10-12-26-18/h7,9-10,12-13,15H,3-6,8,11H2,1-2H3,(H,20,21,23). The zero-order valence-electron chi connectivity index (χ0n) is 15.2. The molecule has 2 amide bonds. The van der Waals surface area contributed by atoms with E-state index in [9.17, 15) is 4.79 Å². The second-order valence-corrected chi connectivity index (χ2v) is 7.23. The predicted molar refractivity (Wildman–Crippen MR) is 103 cm³/mol. The van der Waals surface area contributed by atoms with Crippen molar-refractivity contribution in [3.63, 3.8) is 0 Å². The minimum atomic E-state index is -0.0445. The molecule has 0 aliphatic carbocycles. The summed E-state index contributed by atoms with van der Waals surface area (Å²) >= 11 is 1.44. The maximum absolute atomic E-state index is 12.6. The van der Waals surface area contributed by atoms with Crippen LogP contribution < -0.4 is 14.8 Å². The summed E-state index contributed by atoms with van der Waals surface area (Å²) in [4.78, 5) is 18.7. The Morgan fingerprint density at radius 3 is 2.88 bits per heavy atom. The van der Waals surface area contributed by atoms with E-state index in [1.165, 1.54) is 16.9 Å². The summed E-state index contributed by atoms with van der Waals surface area (Å²) < 4.78 is 10.7. The van der Waals surface area contributed by atoms with E-state index in [0.29, 0.717) is 5.13 Å². The van der Waals surface area contributed by atoms with Crippen LogP contribution in [0.4, 0.5) is 9.93 Å². The molecule has 0 radical (unpaired) electrons. The van der Waals surface area contributed by atoms with Gasteiger partial charge >= 0.3 is 6.03 Å². The monoisotopic (exact) mass is 375 g/mol. The number of ether oxygens (including phenoxy) is 2. The Labute approximate surface area is 158 Å². The van der Waals surface area contributed by atoms with Crippen molar-refractivity contribution in [2.24, 2.45) is 0 Å². The smallest absolute Gasteiger partial charge is 0.323 e. The van der Waals surface area contributed by atoms with Gasteiger partial charge in [0.1, 0.15) is 0 Å². The highest BCUT2D eigenvalue weighted by atomic mass is 32.1. The van der Waals surface area contributed by atoms with Crippen LogP contribution in [-0.2, 0) is 6.42 Å². The molecule has 1 saturated heterocycles. The van der Waals surface area contributed by atoms with Crippen LogP contribution in [-0.4, -0.2) is 42.7 Å². The molecule has 0 spiro atoms. The highest BCUT2D eigenvalue weighted by Gasteiger charge is 2.27. The number of likely N-dealkylation sites (tertiary alicyclic amines) is 1. The number of rotatable bonds is 6. The molecule has 7 heteroatoms. The molecule has 1 aliphatic rings. The van der Waals surface area contributed by atoms with E-state index < -0.39 is 0 Å². The number of carbonyl (C=O) groups is 1. The number of hydrogen-bond acceptors (Lipinski definition) is 5. The van der Waals surface area contributed by atoms with E-state index in [1.807, 2.05) is 22.4 Å². The first-order valence-corrected chi connectivity index (χ1v) is 9.77. The predicted octanol–water partition coefficient (Wildman–Crippen LogP) is 4.18. The SMILES string of the molecule is COc1ccc(CCC2CCCCN2C(=O)Nc2nccs2)cc1OC. The Hall–Kier alpha value is -2.28. The number of carbonyl (C=O) groups excluding carboxylic acids is 1. The van der Waals surface area contributed by atoms with Crippen LogP contribution in [0.15, 0.2) is 29.8 Å². The number of urea groups is 1. The molecule has 1 N–H and O–H groups in total. The summed E-state index contributed by atoms with van der Waals surface area (Å²) in [7, 11) is 3.28. The van der Waals surface area contributed by atoms with Crippen molar-refractivity contribution in [2.75, 3.05) is 26.1 Å². The Morgan fingerprint density at radius 1 is 1.31 bits per heavy atom. The van der Waals surface area contributed by atoms with E-state index in [4.69, 9.17) is 9.47 Å². The van der Waals surface area contributed by atoms with Gasteiger partial charge in [-0.15, -0.1) is 11.3 Å². The molecular formula is C19H25N3O3S. The first-order valence-electron chi connectivity index (χ1n) is 8.89. The van der Waals surface area contributed by atoms with Gasteiger partial charge in [0.15, 0.2) is 16.6 Å². The minimum absolute atomic E-state index is 0.0445. The van der Waals surface area contributed by atoms with Crippen molar-refractivity contribution in [3.05, 3.63) is 35.3 Å². The van der Waals surface area contributed by atoms with Crippen molar-refractivity contribution in [2.45, 2.75) is 38.1 Å². The number of hydrogen-bond donors (Lipinski definition) is 1. The van der Waals surface area contributed by atoms with Gasteiger partial charge in [-0.05, 0) is 49.8 Å². The summed E-state index contributed by atoms with van der Waals surface area (Å²) in [5.41, 5.74) is 1.19. The fourth-order valence-electron chi connectivity index (χ4n) is 3.39. The van der Waals surface area contributed by atoms with Crippen LogP contribution in [0.1, 0.15) is 31.2 Å². The second-order valence-electron chi connectivity index (χ2n) is 6.34. The van der Waals surface area contributed by atoms with Crippen molar-refractivity contribution >= 4 is 22.5 Å². The molecule has 2 aromatic rings. The molecule has 140 valence electrons. The van der Waals surface area contributed by atoms with E-state index in [0.717, 1.165) is 50.1 Å². The third kappa shape index (κ3) is 4.46. The number of aromatic nitrogens is 1. The van der Waals surface area contributed by atoms with Crippen molar-refractivity contribution in [1.82, 2.24) is 9.88 Å². The molecule has 1 aliphatic heterocycles. The molecule has 1 aromatic carbocycles. The lowest BCUT2D eigenvalue weighted by Gasteiger charge is -2.35. The van der Waals surface area contributed by atoms with Crippen molar-refractivity contribution < 1.29 is 14.3 Å². The van der Waals surface area contributed by atoms with Gasteiger partial charge in [-0.2, -0.15) is 0 Å². The molecule has 3 rings (SSSR count). The number of anilines is 1. The van der Waals surface area contributed by atoms with Gasteiger partial charge in [-0.3, -0.25) is 5.32 Å². The Bertz CT molecular complexity index is 721. The fraction of sp³-hybridized carbons (Fsp3) is 0.474. The van der Waals surface area contributed by atoms with Gasteiger partial charge in [0.25, 0.3) is 0 Å². The summed E-state index contributed by atoms with van der Waals surface area (Å²) in [6, 6.07) is 6.21. The first-order chi connectivity index (χ1) is 12.7. The van der Waals surface area contributed by atoms with Crippen LogP contribution >= 0.6 is 11.3 Å². The van der Waals surface area contributed by atoms with Gasteiger partial charge < -0.3 is 14.4 Å². The number of piperidine rings is 1. The summed E-state index contributed by atoms with van der Waals surface area (Å²) in [5.74, 6) is 1.48. The lowest BCUT2D eigenvalue weighted by molar-refractivity contribution is 0.158. The molecule has 1 aromatic heterocycles. The average Bonchev–Trinajstić information content (AvgIpc) is 3.19. The maximum atomic E-state index is 12.6. The molecule has 26 heavy (non-hydrogen) atoms. The molecule has 6 nitrogen and oxygen atoms in total. The normalized spacial score (nSPS) is 17.0. The van der Waals surface area contributed by atoms with Crippen LogP contribution in [0.2, 0.25) is 0 Å². The van der Waals surface area contributed by atoms with Crippen LogP contribution in [0, 0.1) is 0 Å². The third-order valence-corrected chi connectivity index (χ3v) is 5.44. The van der Waals surface area contributed by atoms with E-state index in [2.05, 4.69) is 16.4 Å². The number of amides is 2.